The summed E-state index contributed by atoms with van der Waals surface area (Å²) in [6.07, 6.45) is 0. The van der Waals surface area contributed by atoms with E-state index in [4.69, 9.17) is 32.7 Å². The molecular formula is C50H38CaCl2N6O12S2. The molecular weight excluding hydrogens is 1050 g/mol. The van der Waals surface area contributed by atoms with Crippen molar-refractivity contribution >= 4 is 149 Å². The molecule has 8 rings (SSSR count). The van der Waals surface area contributed by atoms with Gasteiger partial charge in [-0.2, -0.15) is 21.9 Å². The Morgan fingerprint density at radius 3 is 1.63 bits per heavy atom. The Labute approximate surface area is 457 Å². The van der Waals surface area contributed by atoms with Crippen LogP contribution < -0.4 is 25.0 Å². The van der Waals surface area contributed by atoms with Gasteiger partial charge in [0.1, 0.15) is 28.6 Å². The minimum Gasteiger partial charge on any atom is -0.871 e. The summed E-state index contributed by atoms with van der Waals surface area (Å²) in [6.45, 7) is 2.93. The third kappa shape index (κ3) is 13.1. The smallest absolute Gasteiger partial charge is 0.871 e. The average Bonchev–Trinajstić information content (AvgIpc) is 3.33. The Kier molecular flexibility index (Phi) is 17.8. The number of aliphatic imine (C=N–C) groups is 1. The molecule has 0 unspecified atom stereocenters. The molecule has 0 spiro atoms. The topological polar surface area (TPSA) is 284 Å². The van der Waals surface area contributed by atoms with E-state index in [2.05, 4.69) is 30.8 Å². The van der Waals surface area contributed by atoms with Gasteiger partial charge < -0.3 is 30.1 Å². The van der Waals surface area contributed by atoms with Crippen molar-refractivity contribution in [3.05, 3.63) is 166 Å². The maximum absolute atomic E-state index is 13.3. The van der Waals surface area contributed by atoms with E-state index in [9.17, 15) is 46.1 Å². The van der Waals surface area contributed by atoms with E-state index in [-0.39, 0.29) is 97.7 Å². The number of hydrogen-bond donors (Lipinski definition) is 4. The Morgan fingerprint density at radius 1 is 0.616 bits per heavy atom. The quantitative estimate of drug-likeness (QED) is 0.0292. The summed E-state index contributed by atoms with van der Waals surface area (Å²) in [5.74, 6) is -1.48. The minimum absolute atomic E-state index is 0. The van der Waals surface area contributed by atoms with Gasteiger partial charge in [-0.15, -0.1) is 15.3 Å². The first kappa shape index (κ1) is 55.6. The summed E-state index contributed by atoms with van der Waals surface area (Å²) in [5, 5.41) is 58.3. The monoisotopic (exact) mass is 1090 g/mol. The van der Waals surface area contributed by atoms with Crippen molar-refractivity contribution in [1.29, 1.82) is 0 Å². The summed E-state index contributed by atoms with van der Waals surface area (Å²) < 4.78 is 75.9. The molecule has 368 valence electrons. The van der Waals surface area contributed by atoms with Gasteiger partial charge in [0.25, 0.3) is 26.1 Å². The van der Waals surface area contributed by atoms with Crippen molar-refractivity contribution < 1.29 is 55.5 Å². The molecule has 1 amide bonds. The van der Waals surface area contributed by atoms with Crippen molar-refractivity contribution in [2.75, 3.05) is 19.5 Å². The van der Waals surface area contributed by atoms with Crippen LogP contribution in [0.4, 0.5) is 34.1 Å². The number of hydrogen-bond acceptors (Lipinski definition) is 15. The van der Waals surface area contributed by atoms with Crippen molar-refractivity contribution in [2.24, 2.45) is 25.4 Å². The molecule has 4 N–H and O–H groups in total. The predicted octanol–water partition coefficient (Wildman–Crippen LogP) is 11.0. The fourth-order valence-corrected chi connectivity index (χ4v) is 9.08. The number of aromatic hydroxyl groups is 1. The zero-order valence-electron chi connectivity index (χ0n) is 38.7. The van der Waals surface area contributed by atoms with Crippen LogP contribution in [0.3, 0.4) is 0 Å². The third-order valence-corrected chi connectivity index (χ3v) is 13.2. The number of aryl methyl sites for hydroxylation is 2. The van der Waals surface area contributed by atoms with Crippen LogP contribution in [-0.4, -0.2) is 94.8 Å². The number of rotatable bonds is 12. The SMILES string of the molecule is COc1cccc(N=C([O-])c2cc3ccccc3c(N=Nc3cc(S(=O)(=O)O)c(C)cc3Cl)c2[O-])c1.COc1cccc(NC(=O)c2cc3ccccc3c(N=Nc3cc(S(=O)(=O)O)c(C)cc3Cl)c2O)c1.[Ca+2]. The molecule has 0 aromatic heterocycles. The first-order chi connectivity index (χ1) is 34.2. The maximum Gasteiger partial charge on any atom is 2.00 e. The van der Waals surface area contributed by atoms with Gasteiger partial charge in [0.05, 0.1) is 51.0 Å². The zero-order valence-corrected chi connectivity index (χ0v) is 44.1. The van der Waals surface area contributed by atoms with Gasteiger partial charge >= 0.3 is 37.7 Å². The number of carbonyl (C=O) groups is 1. The number of ether oxygens (including phenoxy) is 2. The number of fused-ring (bicyclic) bond motifs is 2. The molecule has 0 heterocycles. The van der Waals surface area contributed by atoms with Gasteiger partial charge in [-0.05, 0) is 108 Å². The molecule has 0 saturated carbocycles. The first-order valence-electron chi connectivity index (χ1n) is 20.9. The van der Waals surface area contributed by atoms with Crippen LogP contribution in [0.2, 0.25) is 10.0 Å². The van der Waals surface area contributed by atoms with Gasteiger partial charge in [-0.1, -0.05) is 89.6 Å². The van der Waals surface area contributed by atoms with Crippen LogP contribution in [0.15, 0.2) is 169 Å². The van der Waals surface area contributed by atoms with Gasteiger partial charge in [0, 0.05) is 28.6 Å². The van der Waals surface area contributed by atoms with Crippen LogP contribution in [0.25, 0.3) is 21.5 Å². The summed E-state index contributed by atoms with van der Waals surface area (Å²) in [7, 11) is -6.07. The van der Waals surface area contributed by atoms with Crippen LogP contribution in [0, 0.1) is 13.8 Å². The minimum atomic E-state index is -4.54. The number of halogens is 2. The molecule has 0 aliphatic rings. The van der Waals surface area contributed by atoms with E-state index in [0.717, 1.165) is 12.1 Å². The molecule has 8 aromatic carbocycles. The van der Waals surface area contributed by atoms with Gasteiger partial charge in [0.15, 0.2) is 5.75 Å². The molecule has 0 fully saturated rings. The third-order valence-electron chi connectivity index (χ3n) is 10.6. The molecule has 23 heteroatoms. The molecule has 0 bridgehead atoms. The van der Waals surface area contributed by atoms with Crippen molar-refractivity contribution in [2.45, 2.75) is 23.6 Å². The molecule has 0 aliphatic carbocycles. The fraction of sp³-hybridized carbons (Fsp3) is 0.0800. The first-order valence-corrected chi connectivity index (χ1v) is 24.5. The predicted molar refractivity (Wildman–Crippen MR) is 275 cm³/mol. The standard InChI is InChI=1S/2C25H20ClN3O6S.Ca/c2*1-14-10-20(26)21(13-22(14)36(32,33)34)28-29-23-18-9-4-3-6-15(18)11-19(24(23)30)25(31)27-16-7-5-8-17(12-16)35-2;/h2*3-13,30H,1-2H3,(H,27,31)(H,32,33,34);/q;;+2/p-2. The van der Waals surface area contributed by atoms with Crippen LogP contribution in [0.1, 0.15) is 27.0 Å². The van der Waals surface area contributed by atoms with E-state index in [1.54, 1.807) is 97.1 Å². The maximum atomic E-state index is 13.3. The number of anilines is 1. The molecule has 0 radical (unpaired) electrons. The van der Waals surface area contributed by atoms with Gasteiger partial charge in [0.2, 0.25) is 0 Å². The van der Waals surface area contributed by atoms with E-state index < -0.39 is 48.4 Å². The number of nitrogens with one attached hydrogen (secondary N) is 1. The number of benzene rings is 8. The van der Waals surface area contributed by atoms with Crippen LogP contribution in [0.5, 0.6) is 23.0 Å². The second-order valence-corrected chi connectivity index (χ2v) is 19.1. The Morgan fingerprint density at radius 2 is 1.10 bits per heavy atom. The molecule has 8 aromatic rings. The summed E-state index contributed by atoms with van der Waals surface area (Å²) in [4.78, 5) is 16.3. The average molecular weight is 1090 g/mol. The molecule has 18 nitrogen and oxygen atoms in total. The van der Waals surface area contributed by atoms with Crippen molar-refractivity contribution in [1.82, 2.24) is 0 Å². The van der Waals surface area contributed by atoms with E-state index in [0.29, 0.717) is 44.4 Å². The number of carbonyl (C=O) groups excluding carboxylic acids is 1. The summed E-state index contributed by atoms with van der Waals surface area (Å²) in [6, 6.07) is 34.6. The molecule has 0 saturated heterocycles. The summed E-state index contributed by atoms with van der Waals surface area (Å²) in [5.41, 5.74) is 0.614. The summed E-state index contributed by atoms with van der Waals surface area (Å²) >= 11 is 12.4. The molecule has 0 atom stereocenters. The van der Waals surface area contributed by atoms with Gasteiger partial charge in [-0.3, -0.25) is 18.9 Å². The molecule has 73 heavy (non-hydrogen) atoms. The largest absolute Gasteiger partial charge is 2.00 e. The van der Waals surface area contributed by atoms with E-state index >= 15 is 0 Å². The van der Waals surface area contributed by atoms with Crippen LogP contribution in [-0.2, 0) is 20.2 Å². The van der Waals surface area contributed by atoms with Crippen molar-refractivity contribution in [3.8, 4) is 23.0 Å². The number of nitrogens with zero attached hydrogens (tertiary/aromatic N) is 5. The van der Waals surface area contributed by atoms with Crippen LogP contribution >= 0.6 is 23.2 Å². The normalized spacial score (nSPS) is 11.9. The Bertz CT molecular complexity index is 3790. The second-order valence-electron chi connectivity index (χ2n) is 15.5. The number of azo groups is 2. The second kappa shape index (κ2) is 23.4. The fourth-order valence-electron chi connectivity index (χ4n) is 7.12. The van der Waals surface area contributed by atoms with E-state index in [1.165, 1.54) is 52.3 Å². The van der Waals surface area contributed by atoms with E-state index in [1.807, 2.05) is 0 Å². The Hall–Kier alpha value is -6.72. The zero-order chi connectivity index (χ0) is 52.1. The number of amides is 1. The molecule has 0 aliphatic heterocycles. The number of methoxy groups -OCH3 is 2. The Balaban J connectivity index is 0.000000235. The van der Waals surface area contributed by atoms with Crippen molar-refractivity contribution in [3.63, 3.8) is 0 Å². The number of phenols is 1. The number of phenolic OH excluding ortho intramolecular Hbond substituents is 1. The van der Waals surface area contributed by atoms with Gasteiger partial charge in [-0.25, -0.2) is 0 Å².